The monoisotopic (exact) mass is 363 g/mol. The van der Waals surface area contributed by atoms with Crippen molar-refractivity contribution >= 4 is 11.6 Å². The molecule has 0 fully saturated rings. The Hall–Kier alpha value is -3.08. The topological polar surface area (TPSA) is 56.1 Å². The number of nitrogens with zero attached hydrogens (tertiary/aromatic N) is 2. The second kappa shape index (κ2) is 8.08. The second-order valence-electron chi connectivity index (χ2n) is 6.60. The predicted molar refractivity (Wildman–Crippen MR) is 108 cm³/mol. The third-order valence-corrected chi connectivity index (χ3v) is 4.46. The molecule has 0 saturated heterocycles. The number of aryl methyl sites for hydroxylation is 2. The standard InChI is InChI=1S/C22H25N3O2/c1-5-27-20-11-9-19(10-12-20)22(26)23-21-16(3)24-25(17(21)4)14-18-8-6-7-15(2)13-18/h6-13H,5,14H2,1-4H3,(H,23,26). The normalized spacial score (nSPS) is 10.7. The third kappa shape index (κ3) is 4.37. The maximum atomic E-state index is 12.6. The highest BCUT2D eigenvalue weighted by molar-refractivity contribution is 6.04. The van der Waals surface area contributed by atoms with Crippen molar-refractivity contribution < 1.29 is 9.53 Å². The van der Waals surface area contributed by atoms with Crippen molar-refractivity contribution in [2.75, 3.05) is 11.9 Å². The Morgan fingerprint density at radius 2 is 1.85 bits per heavy atom. The van der Waals surface area contributed by atoms with Crippen LogP contribution in [0.5, 0.6) is 5.75 Å². The summed E-state index contributed by atoms with van der Waals surface area (Å²) in [4.78, 5) is 12.6. The van der Waals surface area contributed by atoms with Gasteiger partial charge < -0.3 is 10.1 Å². The van der Waals surface area contributed by atoms with Gasteiger partial charge >= 0.3 is 0 Å². The molecule has 0 unspecified atom stereocenters. The van der Waals surface area contributed by atoms with Gasteiger partial charge in [0.2, 0.25) is 0 Å². The van der Waals surface area contributed by atoms with Crippen molar-refractivity contribution in [3.05, 3.63) is 76.6 Å². The maximum absolute atomic E-state index is 12.6. The Balaban J connectivity index is 1.77. The fourth-order valence-electron chi connectivity index (χ4n) is 3.07. The largest absolute Gasteiger partial charge is 0.494 e. The SMILES string of the molecule is CCOc1ccc(C(=O)Nc2c(C)nn(Cc3cccc(C)c3)c2C)cc1. The Labute approximate surface area is 160 Å². The summed E-state index contributed by atoms with van der Waals surface area (Å²) >= 11 is 0. The number of rotatable bonds is 6. The van der Waals surface area contributed by atoms with Gasteiger partial charge in [0.1, 0.15) is 5.75 Å². The lowest BCUT2D eigenvalue weighted by molar-refractivity contribution is 0.102. The lowest BCUT2D eigenvalue weighted by Crippen LogP contribution is -2.13. The molecular weight excluding hydrogens is 338 g/mol. The van der Waals surface area contributed by atoms with Gasteiger partial charge in [-0.15, -0.1) is 0 Å². The highest BCUT2D eigenvalue weighted by Crippen LogP contribution is 2.22. The summed E-state index contributed by atoms with van der Waals surface area (Å²) < 4.78 is 7.35. The van der Waals surface area contributed by atoms with Crippen molar-refractivity contribution in [2.45, 2.75) is 34.2 Å². The van der Waals surface area contributed by atoms with Crippen molar-refractivity contribution in [3.8, 4) is 5.75 Å². The minimum Gasteiger partial charge on any atom is -0.494 e. The van der Waals surface area contributed by atoms with E-state index in [4.69, 9.17) is 4.74 Å². The Morgan fingerprint density at radius 3 is 2.52 bits per heavy atom. The molecule has 0 saturated carbocycles. The number of nitrogens with one attached hydrogen (secondary N) is 1. The van der Waals surface area contributed by atoms with Crippen LogP contribution in [0.3, 0.4) is 0 Å². The van der Waals surface area contributed by atoms with Crippen molar-refractivity contribution in [3.63, 3.8) is 0 Å². The smallest absolute Gasteiger partial charge is 0.255 e. The van der Waals surface area contributed by atoms with Gasteiger partial charge in [-0.05, 0) is 57.5 Å². The van der Waals surface area contributed by atoms with Gasteiger partial charge in [-0.2, -0.15) is 5.10 Å². The zero-order chi connectivity index (χ0) is 19.4. The van der Waals surface area contributed by atoms with Crippen molar-refractivity contribution in [2.24, 2.45) is 0 Å². The zero-order valence-electron chi connectivity index (χ0n) is 16.2. The van der Waals surface area contributed by atoms with Crippen LogP contribution >= 0.6 is 0 Å². The number of anilines is 1. The number of benzene rings is 2. The predicted octanol–water partition coefficient (Wildman–Crippen LogP) is 4.51. The molecule has 1 amide bonds. The molecule has 1 aromatic heterocycles. The minimum absolute atomic E-state index is 0.153. The summed E-state index contributed by atoms with van der Waals surface area (Å²) in [5.41, 5.74) is 5.50. The Kier molecular flexibility index (Phi) is 5.60. The third-order valence-electron chi connectivity index (χ3n) is 4.46. The molecule has 0 spiro atoms. The van der Waals surface area contributed by atoms with E-state index < -0.39 is 0 Å². The number of carbonyl (C=O) groups excluding carboxylic acids is 1. The molecule has 0 aliphatic heterocycles. The molecule has 0 atom stereocenters. The molecule has 140 valence electrons. The molecule has 0 aliphatic carbocycles. The molecule has 2 aromatic carbocycles. The van der Waals surface area contributed by atoms with Gasteiger partial charge in [0.15, 0.2) is 0 Å². The molecule has 1 heterocycles. The fraction of sp³-hybridized carbons (Fsp3) is 0.273. The van der Waals surface area contributed by atoms with E-state index in [0.29, 0.717) is 18.7 Å². The molecule has 5 nitrogen and oxygen atoms in total. The molecule has 0 aliphatic rings. The van der Waals surface area contributed by atoms with Crippen LogP contribution in [0, 0.1) is 20.8 Å². The van der Waals surface area contributed by atoms with Crippen LogP contribution in [0.2, 0.25) is 0 Å². The molecule has 0 radical (unpaired) electrons. The number of amides is 1. The van der Waals surface area contributed by atoms with Crippen LogP contribution in [-0.2, 0) is 6.54 Å². The molecule has 3 rings (SSSR count). The number of hydrogen-bond acceptors (Lipinski definition) is 3. The zero-order valence-corrected chi connectivity index (χ0v) is 16.2. The van der Waals surface area contributed by atoms with E-state index >= 15 is 0 Å². The second-order valence-corrected chi connectivity index (χ2v) is 6.60. The van der Waals surface area contributed by atoms with Gasteiger partial charge in [-0.1, -0.05) is 29.8 Å². The average Bonchev–Trinajstić information content (AvgIpc) is 2.90. The quantitative estimate of drug-likeness (QED) is 0.701. The summed E-state index contributed by atoms with van der Waals surface area (Å²) in [5.74, 6) is 0.603. The molecular formula is C22H25N3O2. The van der Waals surface area contributed by atoms with Gasteiger partial charge in [-0.3, -0.25) is 9.48 Å². The van der Waals surface area contributed by atoms with Crippen molar-refractivity contribution in [1.82, 2.24) is 9.78 Å². The van der Waals surface area contributed by atoms with E-state index in [-0.39, 0.29) is 5.91 Å². The van der Waals surface area contributed by atoms with Crippen LogP contribution < -0.4 is 10.1 Å². The number of hydrogen-bond donors (Lipinski definition) is 1. The lowest BCUT2D eigenvalue weighted by Gasteiger charge is -2.08. The van der Waals surface area contributed by atoms with E-state index in [1.54, 1.807) is 24.3 Å². The van der Waals surface area contributed by atoms with Crippen LogP contribution in [0.1, 0.15) is 39.8 Å². The van der Waals surface area contributed by atoms with Gasteiger partial charge in [0.05, 0.1) is 30.2 Å². The van der Waals surface area contributed by atoms with Crippen LogP contribution in [0.25, 0.3) is 0 Å². The summed E-state index contributed by atoms with van der Waals surface area (Å²) in [6.45, 7) is 9.17. The summed E-state index contributed by atoms with van der Waals surface area (Å²) in [6, 6.07) is 15.5. The Bertz CT molecular complexity index is 943. The minimum atomic E-state index is -0.153. The fourth-order valence-corrected chi connectivity index (χ4v) is 3.07. The first-order chi connectivity index (χ1) is 13.0. The molecule has 3 aromatic rings. The summed E-state index contributed by atoms with van der Waals surface area (Å²) in [7, 11) is 0. The molecule has 5 heteroatoms. The van der Waals surface area contributed by atoms with Crippen LogP contribution in [0.15, 0.2) is 48.5 Å². The van der Waals surface area contributed by atoms with Crippen LogP contribution in [-0.4, -0.2) is 22.3 Å². The van der Waals surface area contributed by atoms with E-state index in [0.717, 1.165) is 22.8 Å². The average molecular weight is 363 g/mol. The lowest BCUT2D eigenvalue weighted by atomic mass is 10.1. The first-order valence-electron chi connectivity index (χ1n) is 9.11. The van der Waals surface area contributed by atoms with Crippen molar-refractivity contribution in [1.29, 1.82) is 0 Å². The summed E-state index contributed by atoms with van der Waals surface area (Å²) in [5, 5.41) is 7.60. The van der Waals surface area contributed by atoms with Gasteiger partial charge in [-0.25, -0.2) is 0 Å². The first-order valence-corrected chi connectivity index (χ1v) is 9.11. The number of ether oxygens (including phenoxy) is 1. The summed E-state index contributed by atoms with van der Waals surface area (Å²) in [6.07, 6.45) is 0. The number of carbonyl (C=O) groups is 1. The maximum Gasteiger partial charge on any atom is 0.255 e. The number of aromatic nitrogens is 2. The highest BCUT2D eigenvalue weighted by atomic mass is 16.5. The molecule has 27 heavy (non-hydrogen) atoms. The van der Waals surface area contributed by atoms with E-state index in [1.165, 1.54) is 11.1 Å². The highest BCUT2D eigenvalue weighted by Gasteiger charge is 2.15. The van der Waals surface area contributed by atoms with Gasteiger partial charge in [0.25, 0.3) is 5.91 Å². The van der Waals surface area contributed by atoms with E-state index in [1.807, 2.05) is 31.5 Å². The molecule has 1 N–H and O–H groups in total. The van der Waals surface area contributed by atoms with E-state index in [2.05, 4.69) is 35.5 Å². The van der Waals surface area contributed by atoms with Gasteiger partial charge in [0, 0.05) is 5.56 Å². The first kappa shape index (κ1) is 18.7. The Morgan fingerprint density at radius 1 is 1.11 bits per heavy atom. The molecule has 0 bridgehead atoms. The van der Waals surface area contributed by atoms with E-state index in [9.17, 15) is 4.79 Å². The van der Waals surface area contributed by atoms with Crippen LogP contribution in [0.4, 0.5) is 5.69 Å².